The molecule has 0 atom stereocenters. The molecule has 1 amide bonds. The molecule has 0 aliphatic carbocycles. The minimum absolute atomic E-state index is 0.132. The van der Waals surface area contributed by atoms with Crippen LogP contribution in [-0.2, 0) is 12.8 Å². The number of carbonyl (C=O) groups excluding carboxylic acids is 1. The topological polar surface area (TPSA) is 97.1 Å². The highest BCUT2D eigenvalue weighted by Gasteiger charge is 2.25. The summed E-state index contributed by atoms with van der Waals surface area (Å²) in [5, 5.41) is 12.2. The van der Waals surface area contributed by atoms with E-state index in [1.54, 1.807) is 31.8 Å². The van der Waals surface area contributed by atoms with Crippen molar-refractivity contribution in [3.8, 4) is 17.4 Å². The van der Waals surface area contributed by atoms with Crippen LogP contribution in [-0.4, -0.2) is 59.9 Å². The van der Waals surface area contributed by atoms with E-state index in [0.717, 1.165) is 11.1 Å². The molecular weight excluding hydrogens is 452 g/mol. The van der Waals surface area contributed by atoms with Gasteiger partial charge >= 0.3 is 0 Å². The number of rotatable bonds is 6. The number of aromatic hydroxyl groups is 1. The Hall–Kier alpha value is -3.72. The monoisotopic (exact) mass is 478 g/mol. The molecule has 3 heterocycles. The van der Waals surface area contributed by atoms with E-state index in [1.165, 1.54) is 11.3 Å². The Morgan fingerprint density at radius 2 is 1.82 bits per heavy atom. The third-order valence-electron chi connectivity index (χ3n) is 5.77. The largest absolute Gasteiger partial charge is 0.493 e. The zero-order chi connectivity index (χ0) is 24.2. The number of ether oxygens (including phenoxy) is 2. The fraction of sp³-hybridized carbons (Fsp3) is 0.280. The second-order valence-corrected chi connectivity index (χ2v) is 8.58. The number of fused-ring (bicyclic) bond motifs is 2. The molecule has 3 aromatic rings. The molecule has 34 heavy (non-hydrogen) atoms. The number of carbonyl (C=O) groups is 1. The van der Waals surface area contributed by atoms with Gasteiger partial charge < -0.3 is 19.5 Å². The van der Waals surface area contributed by atoms with E-state index in [1.807, 2.05) is 30.0 Å². The van der Waals surface area contributed by atoms with E-state index in [2.05, 4.69) is 21.7 Å². The van der Waals surface area contributed by atoms with Gasteiger partial charge in [-0.25, -0.2) is 4.98 Å². The Morgan fingerprint density at radius 3 is 2.38 bits per heavy atom. The molecule has 0 spiro atoms. The predicted octanol–water partition coefficient (Wildman–Crippen LogP) is 4.27. The summed E-state index contributed by atoms with van der Waals surface area (Å²) in [6.07, 6.45) is 6.73. The highest BCUT2D eigenvalue weighted by molar-refractivity contribution is 7.17. The molecule has 176 valence electrons. The fourth-order valence-corrected chi connectivity index (χ4v) is 4.85. The summed E-state index contributed by atoms with van der Waals surface area (Å²) in [7, 11) is 3.23. The molecule has 0 fully saturated rings. The third-order valence-corrected chi connectivity index (χ3v) is 6.73. The lowest BCUT2D eigenvalue weighted by molar-refractivity contribution is 0.0765. The average Bonchev–Trinajstić information content (AvgIpc) is 3.17. The van der Waals surface area contributed by atoms with Gasteiger partial charge in [-0.3, -0.25) is 9.79 Å². The summed E-state index contributed by atoms with van der Waals surface area (Å²) in [5.41, 5.74) is 3.54. The zero-order valence-corrected chi connectivity index (χ0v) is 20.2. The molecule has 1 aliphatic rings. The number of aliphatic imine (C=N–C) groups is 1. The van der Waals surface area contributed by atoms with Crippen LogP contribution in [0, 0.1) is 0 Å². The number of benzene rings is 1. The Labute approximate surface area is 201 Å². The lowest BCUT2D eigenvalue weighted by atomic mass is 10.0. The van der Waals surface area contributed by atoms with Gasteiger partial charge in [0.05, 0.1) is 19.8 Å². The van der Waals surface area contributed by atoms with E-state index in [0.29, 0.717) is 58.9 Å². The Bertz CT molecular complexity index is 1280. The first-order chi connectivity index (χ1) is 16.5. The molecular formula is C25H26N4O4S. The van der Waals surface area contributed by atoms with Crippen molar-refractivity contribution in [2.24, 2.45) is 4.99 Å². The Kier molecular flexibility index (Phi) is 6.93. The minimum Gasteiger partial charge on any atom is -0.493 e. The van der Waals surface area contributed by atoms with Crippen LogP contribution in [0.15, 0.2) is 40.7 Å². The third kappa shape index (κ3) is 4.38. The maximum absolute atomic E-state index is 13.5. The standard InChI is InChI=1S/C25H26N4O4S/c1-5-6-7-18(26-2)23-27-21-17(14-34-22(21)24(30)28-23)25(31)29-10-8-15-12-19(32-3)20(33-4)13-16(15)9-11-29/h5-7,12-14H,2,8-11H2,1,3-4H3,(H,27,28,30)/b6-5-,18-7-. The Balaban J connectivity index is 1.66. The number of methoxy groups -OCH3 is 2. The van der Waals surface area contributed by atoms with Crippen LogP contribution in [0.3, 0.4) is 0 Å². The van der Waals surface area contributed by atoms with Crippen LogP contribution in [0.5, 0.6) is 17.4 Å². The lowest BCUT2D eigenvalue weighted by Crippen LogP contribution is -2.33. The molecule has 1 N–H and O–H groups in total. The average molecular weight is 479 g/mol. The Morgan fingerprint density at radius 1 is 1.18 bits per heavy atom. The van der Waals surface area contributed by atoms with Crippen molar-refractivity contribution >= 4 is 39.9 Å². The summed E-state index contributed by atoms with van der Waals surface area (Å²) >= 11 is 1.25. The van der Waals surface area contributed by atoms with Gasteiger partial charge in [-0.2, -0.15) is 4.98 Å². The molecule has 1 aliphatic heterocycles. The van der Waals surface area contributed by atoms with Gasteiger partial charge in [-0.05, 0) is 55.8 Å². The van der Waals surface area contributed by atoms with Crippen molar-refractivity contribution in [1.82, 2.24) is 14.9 Å². The fourth-order valence-electron chi connectivity index (χ4n) is 3.98. The van der Waals surface area contributed by atoms with Crippen molar-refractivity contribution in [2.75, 3.05) is 27.3 Å². The van der Waals surface area contributed by atoms with Gasteiger partial charge in [-0.1, -0.05) is 12.2 Å². The highest BCUT2D eigenvalue weighted by atomic mass is 32.1. The summed E-state index contributed by atoms with van der Waals surface area (Å²) in [4.78, 5) is 28.0. The van der Waals surface area contributed by atoms with Crippen molar-refractivity contribution < 1.29 is 19.4 Å². The van der Waals surface area contributed by atoms with E-state index in [-0.39, 0.29) is 17.6 Å². The second-order valence-electron chi connectivity index (χ2n) is 7.70. The first-order valence-electron chi connectivity index (χ1n) is 10.8. The molecule has 1 aromatic carbocycles. The van der Waals surface area contributed by atoms with E-state index in [9.17, 15) is 9.90 Å². The minimum atomic E-state index is -0.179. The van der Waals surface area contributed by atoms with Gasteiger partial charge in [0.25, 0.3) is 5.91 Å². The van der Waals surface area contributed by atoms with Crippen LogP contribution >= 0.6 is 11.3 Å². The van der Waals surface area contributed by atoms with Crippen LogP contribution in [0.4, 0.5) is 0 Å². The molecule has 0 saturated carbocycles. The van der Waals surface area contributed by atoms with E-state index >= 15 is 0 Å². The number of hydrogen-bond donors (Lipinski definition) is 1. The van der Waals surface area contributed by atoms with Crippen molar-refractivity contribution in [3.05, 3.63) is 58.3 Å². The second kappa shape index (κ2) is 10.0. The summed E-state index contributed by atoms with van der Waals surface area (Å²) < 4.78 is 11.3. The normalized spacial score (nSPS) is 14.2. The smallest absolute Gasteiger partial charge is 0.256 e. The van der Waals surface area contributed by atoms with Gasteiger partial charge in [0.15, 0.2) is 17.3 Å². The highest BCUT2D eigenvalue weighted by Crippen LogP contribution is 2.35. The molecule has 0 radical (unpaired) electrons. The number of amides is 1. The maximum atomic E-state index is 13.5. The lowest BCUT2D eigenvalue weighted by Gasteiger charge is -2.19. The molecule has 0 unspecified atom stereocenters. The van der Waals surface area contributed by atoms with E-state index in [4.69, 9.17) is 9.47 Å². The van der Waals surface area contributed by atoms with Crippen molar-refractivity contribution in [3.63, 3.8) is 0 Å². The first-order valence-corrected chi connectivity index (χ1v) is 11.7. The molecule has 0 bridgehead atoms. The zero-order valence-electron chi connectivity index (χ0n) is 19.4. The van der Waals surface area contributed by atoms with Gasteiger partial charge in [0, 0.05) is 18.5 Å². The predicted molar refractivity (Wildman–Crippen MR) is 134 cm³/mol. The number of hydrogen-bond acceptors (Lipinski definition) is 8. The van der Waals surface area contributed by atoms with Crippen LogP contribution in [0.1, 0.15) is 34.2 Å². The van der Waals surface area contributed by atoms with Gasteiger partial charge in [0.1, 0.15) is 15.9 Å². The van der Waals surface area contributed by atoms with Gasteiger partial charge in [-0.15, -0.1) is 11.3 Å². The van der Waals surface area contributed by atoms with E-state index < -0.39 is 0 Å². The molecule has 0 saturated heterocycles. The molecule has 2 aromatic heterocycles. The number of aromatic nitrogens is 2. The first kappa shape index (κ1) is 23.4. The number of thiophene rings is 1. The summed E-state index contributed by atoms with van der Waals surface area (Å²) in [6, 6.07) is 3.97. The van der Waals surface area contributed by atoms with Crippen LogP contribution in [0.2, 0.25) is 0 Å². The summed E-state index contributed by atoms with van der Waals surface area (Å²) in [6.45, 7) is 6.56. The van der Waals surface area contributed by atoms with Gasteiger partial charge in [0.2, 0.25) is 5.88 Å². The van der Waals surface area contributed by atoms with Crippen LogP contribution in [0.25, 0.3) is 15.9 Å². The van der Waals surface area contributed by atoms with Crippen molar-refractivity contribution in [2.45, 2.75) is 19.8 Å². The van der Waals surface area contributed by atoms with Crippen molar-refractivity contribution in [1.29, 1.82) is 0 Å². The summed E-state index contributed by atoms with van der Waals surface area (Å²) in [5.74, 6) is 1.27. The number of allylic oxidation sites excluding steroid dienone is 3. The molecule has 4 rings (SSSR count). The number of nitrogens with zero attached hydrogens (tertiary/aromatic N) is 4. The SMILES string of the molecule is C=N/C(=C\C=C/C)c1nc(O)c2scc(C(=O)N3CCc4cc(OC)c(OC)cc4CC3)c2n1. The van der Waals surface area contributed by atoms with Crippen LogP contribution < -0.4 is 9.47 Å². The maximum Gasteiger partial charge on any atom is 0.256 e. The molecule has 8 nitrogen and oxygen atoms in total. The quantitative estimate of drug-likeness (QED) is 0.420. The molecule has 9 heteroatoms.